The molecule has 5 nitrogen and oxygen atoms in total. The topological polar surface area (TPSA) is 70.6 Å². The van der Waals surface area contributed by atoms with Crippen LogP contribution in [0.3, 0.4) is 0 Å². The molecule has 0 aliphatic carbocycles. The number of benzene rings is 2. The van der Waals surface area contributed by atoms with E-state index in [0.717, 1.165) is 11.1 Å². The summed E-state index contributed by atoms with van der Waals surface area (Å²) in [6, 6.07) is 16.4. The van der Waals surface area contributed by atoms with Crippen LogP contribution in [-0.4, -0.2) is 17.8 Å². The Kier molecular flexibility index (Phi) is 4.19. The molecule has 2 N–H and O–H groups in total. The molecule has 0 spiro atoms. The van der Waals surface area contributed by atoms with Crippen LogP contribution < -0.4 is 10.6 Å². The van der Waals surface area contributed by atoms with Crippen molar-refractivity contribution in [1.82, 2.24) is 10.6 Å². The standard InChI is InChI=1S/C18H17N3O2/c1-12-7-9-13(10-8-12)15-11-16(22)20-18(19-15)21-17(23)14-5-3-2-4-6-14/h2-10,15H,11H2,1H3,(H2,19,20,21,22,23). The van der Waals surface area contributed by atoms with Crippen molar-refractivity contribution in [2.45, 2.75) is 19.4 Å². The molecular formula is C18H17N3O2. The molecule has 1 aliphatic rings. The zero-order chi connectivity index (χ0) is 16.2. The van der Waals surface area contributed by atoms with Crippen LogP contribution in [0.15, 0.2) is 59.6 Å². The monoisotopic (exact) mass is 307 g/mol. The van der Waals surface area contributed by atoms with Crippen molar-refractivity contribution in [2.24, 2.45) is 4.99 Å². The van der Waals surface area contributed by atoms with Gasteiger partial charge in [0.1, 0.15) is 0 Å². The third-order valence-corrected chi connectivity index (χ3v) is 3.65. The molecule has 1 aliphatic heterocycles. The highest BCUT2D eigenvalue weighted by atomic mass is 16.2. The third-order valence-electron chi connectivity index (χ3n) is 3.65. The van der Waals surface area contributed by atoms with E-state index in [1.54, 1.807) is 24.3 Å². The number of amides is 2. The number of nitrogens with zero attached hydrogens (tertiary/aromatic N) is 1. The number of nitrogens with one attached hydrogen (secondary N) is 2. The van der Waals surface area contributed by atoms with Crippen molar-refractivity contribution in [3.63, 3.8) is 0 Å². The summed E-state index contributed by atoms with van der Waals surface area (Å²) in [5.41, 5.74) is 2.62. The minimum absolute atomic E-state index is 0.158. The Morgan fingerprint density at radius 1 is 1.13 bits per heavy atom. The van der Waals surface area contributed by atoms with Crippen molar-refractivity contribution in [3.8, 4) is 0 Å². The highest BCUT2D eigenvalue weighted by Gasteiger charge is 2.23. The molecule has 0 saturated heterocycles. The van der Waals surface area contributed by atoms with Gasteiger partial charge in [-0.25, -0.2) is 4.99 Å². The summed E-state index contributed by atoms with van der Waals surface area (Å²) in [6.07, 6.45) is 0.272. The molecule has 0 bridgehead atoms. The molecule has 1 atom stereocenters. The maximum absolute atomic E-state index is 12.2. The summed E-state index contributed by atoms with van der Waals surface area (Å²) in [5, 5.41) is 5.26. The van der Waals surface area contributed by atoms with Crippen LogP contribution in [0.25, 0.3) is 0 Å². The lowest BCUT2D eigenvalue weighted by molar-refractivity contribution is -0.120. The maximum Gasteiger partial charge on any atom is 0.257 e. The Hall–Kier alpha value is -2.95. The van der Waals surface area contributed by atoms with Gasteiger partial charge in [-0.1, -0.05) is 48.0 Å². The lowest BCUT2D eigenvalue weighted by Gasteiger charge is -2.21. The van der Waals surface area contributed by atoms with E-state index in [-0.39, 0.29) is 30.2 Å². The van der Waals surface area contributed by atoms with E-state index < -0.39 is 0 Å². The van der Waals surface area contributed by atoms with E-state index in [1.807, 2.05) is 37.3 Å². The van der Waals surface area contributed by atoms with Crippen molar-refractivity contribution >= 4 is 17.8 Å². The van der Waals surface area contributed by atoms with E-state index in [2.05, 4.69) is 15.6 Å². The molecule has 5 heteroatoms. The number of hydrogen-bond donors (Lipinski definition) is 2. The first-order valence-electron chi connectivity index (χ1n) is 7.42. The van der Waals surface area contributed by atoms with Gasteiger partial charge in [0.2, 0.25) is 11.9 Å². The van der Waals surface area contributed by atoms with Crippen LogP contribution in [0.4, 0.5) is 0 Å². The van der Waals surface area contributed by atoms with Gasteiger partial charge < -0.3 is 0 Å². The van der Waals surface area contributed by atoms with E-state index in [4.69, 9.17) is 0 Å². The Morgan fingerprint density at radius 2 is 1.83 bits per heavy atom. The van der Waals surface area contributed by atoms with Gasteiger partial charge in [-0.2, -0.15) is 0 Å². The maximum atomic E-state index is 12.2. The van der Waals surface area contributed by atoms with E-state index in [0.29, 0.717) is 5.56 Å². The van der Waals surface area contributed by atoms with Gasteiger partial charge in [0, 0.05) is 5.56 Å². The van der Waals surface area contributed by atoms with Gasteiger partial charge in [-0.05, 0) is 24.6 Å². The number of rotatable bonds is 2. The SMILES string of the molecule is Cc1ccc(C2CC(=O)NC(NC(=O)c3ccccc3)=N2)cc1. The third kappa shape index (κ3) is 3.63. The number of aliphatic imine (C=N–C) groups is 1. The van der Waals surface area contributed by atoms with Gasteiger partial charge >= 0.3 is 0 Å². The van der Waals surface area contributed by atoms with E-state index >= 15 is 0 Å². The molecule has 1 unspecified atom stereocenters. The first kappa shape index (κ1) is 15.0. The molecule has 2 aromatic carbocycles. The van der Waals surface area contributed by atoms with Crippen molar-refractivity contribution in [1.29, 1.82) is 0 Å². The largest absolute Gasteiger partial charge is 0.296 e. The first-order valence-corrected chi connectivity index (χ1v) is 7.42. The summed E-state index contributed by atoms with van der Waals surface area (Å²) in [5.74, 6) is -0.260. The van der Waals surface area contributed by atoms with Crippen molar-refractivity contribution in [2.75, 3.05) is 0 Å². The smallest absolute Gasteiger partial charge is 0.257 e. The Bertz CT molecular complexity index is 752. The highest BCUT2D eigenvalue weighted by molar-refractivity contribution is 6.10. The molecule has 2 aromatic rings. The van der Waals surface area contributed by atoms with Crippen LogP contribution in [0.5, 0.6) is 0 Å². The molecule has 116 valence electrons. The highest BCUT2D eigenvalue weighted by Crippen LogP contribution is 2.23. The lowest BCUT2D eigenvalue weighted by Crippen LogP contribution is -2.46. The van der Waals surface area contributed by atoms with Crippen LogP contribution in [0.2, 0.25) is 0 Å². The fourth-order valence-electron chi connectivity index (χ4n) is 2.41. The zero-order valence-corrected chi connectivity index (χ0v) is 12.7. The van der Waals surface area contributed by atoms with Gasteiger partial charge in [-0.3, -0.25) is 20.2 Å². The average Bonchev–Trinajstić information content (AvgIpc) is 2.56. The quantitative estimate of drug-likeness (QED) is 0.894. The zero-order valence-electron chi connectivity index (χ0n) is 12.7. The summed E-state index contributed by atoms with van der Waals surface area (Å²) in [6.45, 7) is 2.01. The van der Waals surface area contributed by atoms with Gasteiger partial charge in [-0.15, -0.1) is 0 Å². The molecular weight excluding hydrogens is 290 g/mol. The van der Waals surface area contributed by atoms with Gasteiger partial charge in [0.25, 0.3) is 5.91 Å². The molecule has 3 rings (SSSR count). The van der Waals surface area contributed by atoms with E-state index in [1.165, 1.54) is 0 Å². The fourth-order valence-corrected chi connectivity index (χ4v) is 2.41. The lowest BCUT2D eigenvalue weighted by atomic mass is 10.0. The summed E-state index contributed by atoms with van der Waals surface area (Å²) in [7, 11) is 0. The second-order valence-corrected chi connectivity index (χ2v) is 5.48. The number of guanidine groups is 1. The molecule has 0 aromatic heterocycles. The summed E-state index contributed by atoms with van der Waals surface area (Å²) in [4.78, 5) is 28.5. The van der Waals surface area contributed by atoms with Crippen LogP contribution >= 0.6 is 0 Å². The molecule has 1 heterocycles. The van der Waals surface area contributed by atoms with Crippen molar-refractivity contribution in [3.05, 3.63) is 71.3 Å². The second kappa shape index (κ2) is 6.44. The average molecular weight is 307 g/mol. The predicted octanol–water partition coefficient (Wildman–Crippen LogP) is 2.34. The summed E-state index contributed by atoms with van der Waals surface area (Å²) >= 11 is 0. The van der Waals surface area contributed by atoms with Crippen LogP contribution in [-0.2, 0) is 4.79 Å². The van der Waals surface area contributed by atoms with Gasteiger partial charge in [0.05, 0.1) is 12.5 Å². The van der Waals surface area contributed by atoms with Crippen molar-refractivity contribution < 1.29 is 9.59 Å². The normalized spacial score (nSPS) is 17.2. The van der Waals surface area contributed by atoms with E-state index in [9.17, 15) is 9.59 Å². The van der Waals surface area contributed by atoms with Gasteiger partial charge in [0.15, 0.2) is 0 Å². The van der Waals surface area contributed by atoms with Crippen LogP contribution in [0, 0.1) is 6.92 Å². The first-order chi connectivity index (χ1) is 11.1. The van der Waals surface area contributed by atoms with Crippen LogP contribution in [0.1, 0.15) is 33.9 Å². The molecule has 2 amide bonds. The molecule has 0 fully saturated rings. The Labute approximate surface area is 134 Å². The number of hydrogen-bond acceptors (Lipinski definition) is 3. The Morgan fingerprint density at radius 3 is 2.52 bits per heavy atom. The molecule has 0 saturated carbocycles. The summed E-state index contributed by atoms with van der Waals surface area (Å²) < 4.78 is 0. The minimum Gasteiger partial charge on any atom is -0.296 e. The number of carbonyl (C=O) groups excluding carboxylic acids is 2. The second-order valence-electron chi connectivity index (χ2n) is 5.48. The Balaban J connectivity index is 1.79. The predicted molar refractivity (Wildman–Crippen MR) is 88.0 cm³/mol. The minimum atomic E-state index is -0.297. The number of aryl methyl sites for hydroxylation is 1. The molecule has 0 radical (unpaired) electrons. The molecule has 23 heavy (non-hydrogen) atoms. The fraction of sp³-hybridized carbons (Fsp3) is 0.167. The number of carbonyl (C=O) groups is 2.